The van der Waals surface area contributed by atoms with Crippen LogP contribution < -0.4 is 10.1 Å². The van der Waals surface area contributed by atoms with Gasteiger partial charge in [0.25, 0.3) is 0 Å². The minimum atomic E-state index is 0.768. The molecule has 0 aliphatic rings. The molecule has 0 radical (unpaired) electrons. The number of aromatic nitrogens is 2. The molecule has 0 amide bonds. The number of ether oxygens (including phenoxy) is 1. The minimum Gasteiger partial charge on any atom is -0.497 e. The number of hydrogen-bond acceptors (Lipinski definition) is 3. The zero-order valence-electron chi connectivity index (χ0n) is 10.4. The van der Waals surface area contributed by atoms with Crippen LogP contribution in [0.2, 0.25) is 0 Å². The maximum absolute atomic E-state index is 5.18. The third-order valence-electron chi connectivity index (χ3n) is 2.81. The van der Waals surface area contributed by atoms with Gasteiger partial charge in [0.05, 0.1) is 25.7 Å². The van der Waals surface area contributed by atoms with E-state index in [4.69, 9.17) is 4.74 Å². The van der Waals surface area contributed by atoms with E-state index in [1.165, 1.54) is 5.56 Å². The standard InChI is InChI=1S/C13H17N3O/c1-10-6-12(17-3)4-5-13(10)15-8-11-7-14-9-16(11)2/h4-7,9,15H,8H2,1-3H3. The van der Waals surface area contributed by atoms with Crippen LogP contribution in [0.5, 0.6) is 5.75 Å². The van der Waals surface area contributed by atoms with Crippen molar-refractivity contribution in [3.8, 4) is 5.75 Å². The lowest BCUT2D eigenvalue weighted by Crippen LogP contribution is -2.05. The van der Waals surface area contributed by atoms with Gasteiger partial charge in [0.2, 0.25) is 0 Å². The first kappa shape index (κ1) is 11.5. The summed E-state index contributed by atoms with van der Waals surface area (Å²) in [7, 11) is 3.67. The zero-order valence-corrected chi connectivity index (χ0v) is 10.4. The molecule has 1 heterocycles. The molecule has 1 aromatic carbocycles. The van der Waals surface area contributed by atoms with Crippen molar-refractivity contribution in [1.82, 2.24) is 9.55 Å². The van der Waals surface area contributed by atoms with Crippen LogP contribution in [0.15, 0.2) is 30.7 Å². The van der Waals surface area contributed by atoms with Gasteiger partial charge in [-0.25, -0.2) is 4.98 Å². The van der Waals surface area contributed by atoms with E-state index < -0.39 is 0 Å². The van der Waals surface area contributed by atoms with Gasteiger partial charge in [0.1, 0.15) is 5.75 Å². The second kappa shape index (κ2) is 4.91. The number of methoxy groups -OCH3 is 1. The van der Waals surface area contributed by atoms with Crippen molar-refractivity contribution >= 4 is 5.69 Å². The number of aryl methyl sites for hydroxylation is 2. The summed E-state index contributed by atoms with van der Waals surface area (Å²) in [4.78, 5) is 4.09. The molecule has 1 N–H and O–H groups in total. The number of rotatable bonds is 4. The number of nitrogens with one attached hydrogen (secondary N) is 1. The van der Waals surface area contributed by atoms with Crippen LogP contribution in [0.25, 0.3) is 0 Å². The molecule has 4 nitrogen and oxygen atoms in total. The van der Waals surface area contributed by atoms with Crippen LogP contribution >= 0.6 is 0 Å². The Hall–Kier alpha value is -1.97. The van der Waals surface area contributed by atoms with E-state index in [0.29, 0.717) is 0 Å². The zero-order chi connectivity index (χ0) is 12.3. The fourth-order valence-electron chi connectivity index (χ4n) is 1.70. The Kier molecular flexibility index (Phi) is 3.32. The highest BCUT2D eigenvalue weighted by Gasteiger charge is 2.02. The van der Waals surface area contributed by atoms with E-state index in [-0.39, 0.29) is 0 Å². The Bertz CT molecular complexity index is 505. The van der Waals surface area contributed by atoms with Gasteiger partial charge >= 0.3 is 0 Å². The average molecular weight is 231 g/mol. The molecule has 0 fully saturated rings. The second-order valence-corrected chi connectivity index (χ2v) is 4.03. The first-order chi connectivity index (χ1) is 8.20. The van der Waals surface area contributed by atoms with E-state index in [2.05, 4.69) is 17.2 Å². The molecule has 0 saturated heterocycles. The molecule has 0 atom stereocenters. The maximum Gasteiger partial charge on any atom is 0.119 e. The van der Waals surface area contributed by atoms with Crippen LogP contribution in [0.1, 0.15) is 11.3 Å². The monoisotopic (exact) mass is 231 g/mol. The molecular weight excluding hydrogens is 214 g/mol. The van der Waals surface area contributed by atoms with Gasteiger partial charge in [-0.15, -0.1) is 0 Å². The SMILES string of the molecule is COc1ccc(NCc2cncn2C)c(C)c1. The number of imidazole rings is 1. The minimum absolute atomic E-state index is 0.768. The molecule has 0 bridgehead atoms. The van der Waals surface area contributed by atoms with Crippen LogP contribution in [-0.4, -0.2) is 16.7 Å². The van der Waals surface area contributed by atoms with Crippen LogP contribution in [0, 0.1) is 6.92 Å². The third-order valence-corrected chi connectivity index (χ3v) is 2.81. The molecule has 2 rings (SSSR count). The van der Waals surface area contributed by atoms with E-state index in [1.54, 1.807) is 13.4 Å². The molecule has 90 valence electrons. The summed E-state index contributed by atoms with van der Waals surface area (Å²) < 4.78 is 7.18. The van der Waals surface area contributed by atoms with E-state index in [0.717, 1.165) is 23.7 Å². The van der Waals surface area contributed by atoms with Crippen LogP contribution in [-0.2, 0) is 13.6 Å². The fraction of sp³-hybridized carbons (Fsp3) is 0.308. The molecule has 4 heteroatoms. The highest BCUT2D eigenvalue weighted by atomic mass is 16.5. The smallest absolute Gasteiger partial charge is 0.119 e. The van der Waals surface area contributed by atoms with Crippen molar-refractivity contribution < 1.29 is 4.74 Å². The van der Waals surface area contributed by atoms with Gasteiger partial charge in [-0.2, -0.15) is 0 Å². The van der Waals surface area contributed by atoms with Gasteiger partial charge in [0, 0.05) is 18.9 Å². The van der Waals surface area contributed by atoms with Gasteiger partial charge in [-0.3, -0.25) is 0 Å². The predicted octanol–water partition coefficient (Wildman–Crippen LogP) is 2.35. The summed E-state index contributed by atoms with van der Waals surface area (Å²) in [5, 5.41) is 3.39. The largest absolute Gasteiger partial charge is 0.497 e. The summed E-state index contributed by atoms with van der Waals surface area (Å²) in [5.74, 6) is 0.883. The lowest BCUT2D eigenvalue weighted by atomic mass is 10.2. The first-order valence-electron chi connectivity index (χ1n) is 5.54. The average Bonchev–Trinajstić information content (AvgIpc) is 2.73. The van der Waals surface area contributed by atoms with E-state index >= 15 is 0 Å². The third kappa shape index (κ3) is 2.58. The molecule has 0 spiro atoms. The summed E-state index contributed by atoms with van der Waals surface area (Å²) in [6.45, 7) is 2.83. The van der Waals surface area contributed by atoms with Crippen molar-refractivity contribution in [1.29, 1.82) is 0 Å². The summed E-state index contributed by atoms with van der Waals surface area (Å²) in [6.07, 6.45) is 3.67. The Morgan fingerprint density at radius 2 is 2.24 bits per heavy atom. The van der Waals surface area contributed by atoms with Crippen molar-refractivity contribution in [3.05, 3.63) is 42.0 Å². The Morgan fingerprint density at radius 3 is 2.82 bits per heavy atom. The second-order valence-electron chi connectivity index (χ2n) is 4.03. The molecule has 0 unspecified atom stereocenters. The summed E-state index contributed by atoms with van der Waals surface area (Å²) >= 11 is 0. The van der Waals surface area contributed by atoms with Gasteiger partial charge in [0.15, 0.2) is 0 Å². The molecule has 17 heavy (non-hydrogen) atoms. The lowest BCUT2D eigenvalue weighted by molar-refractivity contribution is 0.414. The molecule has 0 aliphatic carbocycles. The number of anilines is 1. The van der Waals surface area contributed by atoms with Crippen molar-refractivity contribution in [2.45, 2.75) is 13.5 Å². The van der Waals surface area contributed by atoms with E-state index in [1.807, 2.05) is 36.0 Å². The predicted molar refractivity (Wildman–Crippen MR) is 68.3 cm³/mol. The molecule has 0 aliphatic heterocycles. The fourth-order valence-corrected chi connectivity index (χ4v) is 1.70. The lowest BCUT2D eigenvalue weighted by Gasteiger charge is -2.11. The van der Waals surface area contributed by atoms with Gasteiger partial charge < -0.3 is 14.6 Å². The molecule has 1 aromatic heterocycles. The molecular formula is C13H17N3O. The summed E-state index contributed by atoms with van der Waals surface area (Å²) in [5.41, 5.74) is 3.44. The first-order valence-corrected chi connectivity index (χ1v) is 5.54. The maximum atomic E-state index is 5.18. The van der Waals surface area contributed by atoms with Gasteiger partial charge in [-0.1, -0.05) is 0 Å². The number of benzene rings is 1. The van der Waals surface area contributed by atoms with E-state index in [9.17, 15) is 0 Å². The van der Waals surface area contributed by atoms with Crippen molar-refractivity contribution in [3.63, 3.8) is 0 Å². The van der Waals surface area contributed by atoms with Crippen molar-refractivity contribution in [2.75, 3.05) is 12.4 Å². The van der Waals surface area contributed by atoms with Crippen LogP contribution in [0.4, 0.5) is 5.69 Å². The molecule has 0 saturated carbocycles. The Labute approximate surface area is 101 Å². The topological polar surface area (TPSA) is 39.1 Å². The summed E-state index contributed by atoms with van der Waals surface area (Å²) in [6, 6.07) is 6.01. The van der Waals surface area contributed by atoms with Gasteiger partial charge in [-0.05, 0) is 30.7 Å². The highest BCUT2D eigenvalue weighted by Crippen LogP contribution is 2.21. The van der Waals surface area contributed by atoms with Crippen molar-refractivity contribution in [2.24, 2.45) is 7.05 Å². The van der Waals surface area contributed by atoms with Crippen LogP contribution in [0.3, 0.4) is 0 Å². The molecule has 2 aromatic rings. The quantitative estimate of drug-likeness (QED) is 0.878. The number of hydrogen-bond donors (Lipinski definition) is 1. The Morgan fingerprint density at radius 1 is 1.41 bits per heavy atom. The number of nitrogens with zero attached hydrogens (tertiary/aromatic N) is 2. The Balaban J connectivity index is 2.07. The normalized spacial score (nSPS) is 10.3. The highest BCUT2D eigenvalue weighted by molar-refractivity contribution is 5.53.